The predicted molar refractivity (Wildman–Crippen MR) is 52.4 cm³/mol. The van der Waals surface area contributed by atoms with E-state index in [1.165, 1.54) is 0 Å². The third-order valence-corrected chi connectivity index (χ3v) is 1.87. The van der Waals surface area contributed by atoms with Gasteiger partial charge in [0.2, 0.25) is 0 Å². The summed E-state index contributed by atoms with van der Waals surface area (Å²) in [5.74, 6) is 1.26. The van der Waals surface area contributed by atoms with Crippen LogP contribution in [0.5, 0.6) is 0 Å². The standard InChI is InChI=1S/C10H18N3.Y/c1-7(2)5-9-10(6-8(3)4)12-13-11-9;/h7-8H,5-6H2,1-4H3;/q-1;. The van der Waals surface area contributed by atoms with Gasteiger partial charge in [-0.15, -0.1) is 0 Å². The van der Waals surface area contributed by atoms with Crippen molar-refractivity contribution in [2.75, 3.05) is 0 Å². The first-order chi connectivity index (χ1) is 6.09. The minimum Gasteiger partial charge on any atom is -0.355 e. The van der Waals surface area contributed by atoms with Gasteiger partial charge in [0.05, 0.1) is 0 Å². The molecule has 0 fully saturated rings. The Bertz CT molecular complexity index is 231. The molecule has 0 atom stereocenters. The van der Waals surface area contributed by atoms with Gasteiger partial charge in [-0.05, 0) is 36.1 Å². The molecule has 14 heavy (non-hydrogen) atoms. The second-order valence-corrected chi connectivity index (χ2v) is 4.38. The maximum Gasteiger partial charge on any atom is 0 e. The molecular formula is C10H18N3Y-. The van der Waals surface area contributed by atoms with Crippen LogP contribution < -0.4 is 5.10 Å². The van der Waals surface area contributed by atoms with Crippen LogP contribution in [-0.4, -0.2) is 10.3 Å². The summed E-state index contributed by atoms with van der Waals surface area (Å²) in [4.78, 5) is 0. The molecule has 0 unspecified atom stereocenters. The van der Waals surface area contributed by atoms with E-state index in [9.17, 15) is 0 Å². The van der Waals surface area contributed by atoms with Gasteiger partial charge in [-0.1, -0.05) is 27.7 Å². The van der Waals surface area contributed by atoms with Crippen LogP contribution in [0.15, 0.2) is 0 Å². The van der Waals surface area contributed by atoms with Crippen molar-refractivity contribution in [1.29, 1.82) is 0 Å². The molecule has 1 rings (SSSR count). The van der Waals surface area contributed by atoms with Crippen LogP contribution in [0.2, 0.25) is 0 Å². The number of hydrogen-bond donors (Lipinski definition) is 0. The van der Waals surface area contributed by atoms with E-state index < -0.39 is 0 Å². The fraction of sp³-hybridized carbons (Fsp3) is 0.800. The van der Waals surface area contributed by atoms with Crippen LogP contribution in [0.25, 0.3) is 0 Å². The Morgan fingerprint density at radius 3 is 2.14 bits per heavy atom. The van der Waals surface area contributed by atoms with Gasteiger partial charge in [0.15, 0.2) is 0 Å². The number of nitrogens with zero attached hydrogens (tertiary/aromatic N) is 3. The van der Waals surface area contributed by atoms with Crippen LogP contribution in [-0.2, 0) is 45.6 Å². The fourth-order valence-corrected chi connectivity index (χ4v) is 1.34. The van der Waals surface area contributed by atoms with E-state index in [1.54, 1.807) is 0 Å². The molecule has 0 N–H and O–H groups in total. The number of rotatable bonds is 4. The van der Waals surface area contributed by atoms with Gasteiger partial charge >= 0.3 is 0 Å². The van der Waals surface area contributed by atoms with Gasteiger partial charge in [-0.2, -0.15) is 0 Å². The van der Waals surface area contributed by atoms with Gasteiger partial charge in [0.25, 0.3) is 0 Å². The molecule has 77 valence electrons. The van der Waals surface area contributed by atoms with Crippen molar-refractivity contribution >= 4 is 0 Å². The molecule has 0 aliphatic rings. The summed E-state index contributed by atoms with van der Waals surface area (Å²) in [5.41, 5.74) is 2.17. The van der Waals surface area contributed by atoms with Gasteiger partial charge in [-0.25, -0.2) is 0 Å². The summed E-state index contributed by atoms with van der Waals surface area (Å²) in [5, 5.41) is 11.8. The van der Waals surface area contributed by atoms with E-state index in [2.05, 4.69) is 43.1 Å². The van der Waals surface area contributed by atoms with Crippen LogP contribution in [0.1, 0.15) is 39.1 Å². The Morgan fingerprint density at radius 1 is 1.07 bits per heavy atom. The smallest absolute Gasteiger partial charge is 0 e. The summed E-state index contributed by atoms with van der Waals surface area (Å²) in [6, 6.07) is 0. The van der Waals surface area contributed by atoms with E-state index >= 15 is 0 Å². The maximum absolute atomic E-state index is 4.05. The van der Waals surface area contributed by atoms with Crippen LogP contribution >= 0.6 is 0 Å². The van der Waals surface area contributed by atoms with E-state index in [1.807, 2.05) is 0 Å². The van der Waals surface area contributed by atoms with Crippen LogP contribution in [0.4, 0.5) is 0 Å². The normalized spacial score (nSPS) is 10.7. The van der Waals surface area contributed by atoms with Crippen molar-refractivity contribution in [3.8, 4) is 0 Å². The summed E-state index contributed by atoms with van der Waals surface area (Å²) < 4.78 is 0. The Labute approximate surface area is 111 Å². The Kier molecular flexibility index (Phi) is 6.79. The summed E-state index contributed by atoms with van der Waals surface area (Å²) in [7, 11) is 0. The third kappa shape index (κ3) is 4.65. The van der Waals surface area contributed by atoms with E-state index in [0.717, 1.165) is 24.2 Å². The van der Waals surface area contributed by atoms with Gasteiger partial charge < -0.3 is 10.2 Å². The minimum absolute atomic E-state index is 0. The fourth-order valence-electron chi connectivity index (χ4n) is 1.34. The Morgan fingerprint density at radius 2 is 1.64 bits per heavy atom. The van der Waals surface area contributed by atoms with Gasteiger partial charge in [0, 0.05) is 32.7 Å². The second kappa shape index (κ2) is 6.68. The zero-order valence-corrected chi connectivity index (χ0v) is 12.3. The predicted octanol–water partition coefficient (Wildman–Crippen LogP) is 1.83. The van der Waals surface area contributed by atoms with E-state index in [4.69, 9.17) is 0 Å². The summed E-state index contributed by atoms with van der Waals surface area (Å²) in [6.45, 7) is 8.75. The number of hydrogen-bond acceptors (Lipinski definition) is 2. The molecule has 1 aromatic rings. The van der Waals surface area contributed by atoms with Crippen molar-refractivity contribution in [3.05, 3.63) is 11.4 Å². The third-order valence-electron chi connectivity index (χ3n) is 1.87. The zero-order chi connectivity index (χ0) is 9.84. The monoisotopic (exact) mass is 269 g/mol. The molecule has 1 radical (unpaired) electrons. The maximum atomic E-state index is 4.05. The van der Waals surface area contributed by atoms with E-state index in [0.29, 0.717) is 11.8 Å². The molecule has 4 heteroatoms. The van der Waals surface area contributed by atoms with Crippen LogP contribution in [0, 0.1) is 11.8 Å². The second-order valence-electron chi connectivity index (χ2n) is 4.38. The Hall–Kier alpha value is 0.244. The molecule has 0 saturated heterocycles. The van der Waals surface area contributed by atoms with Crippen molar-refractivity contribution in [3.63, 3.8) is 0 Å². The molecule has 0 saturated carbocycles. The van der Waals surface area contributed by atoms with Crippen molar-refractivity contribution in [2.24, 2.45) is 11.8 Å². The molecule has 1 heterocycles. The minimum atomic E-state index is 0. The van der Waals surface area contributed by atoms with Crippen molar-refractivity contribution in [1.82, 2.24) is 15.4 Å². The summed E-state index contributed by atoms with van der Waals surface area (Å²) in [6.07, 6.45) is 1.99. The topological polar surface area (TPSA) is 39.9 Å². The molecule has 0 bridgehead atoms. The largest absolute Gasteiger partial charge is 0.355 e. The molecule has 1 aromatic heterocycles. The van der Waals surface area contributed by atoms with Gasteiger partial charge in [-0.3, -0.25) is 5.21 Å². The molecular weight excluding hydrogens is 251 g/mol. The first-order valence-electron chi connectivity index (χ1n) is 4.93. The summed E-state index contributed by atoms with van der Waals surface area (Å²) >= 11 is 0. The molecule has 0 aromatic carbocycles. The SMILES string of the molecule is CC(C)Cc1nn[n-]c1CC(C)C.[Y]. The number of aromatic nitrogens is 3. The Balaban J connectivity index is 0.00000169. The molecule has 0 aliphatic carbocycles. The van der Waals surface area contributed by atoms with Crippen LogP contribution in [0.3, 0.4) is 0 Å². The first kappa shape index (κ1) is 14.2. The average molecular weight is 269 g/mol. The molecule has 0 spiro atoms. The van der Waals surface area contributed by atoms with Crippen molar-refractivity contribution < 1.29 is 32.7 Å². The molecule has 0 aliphatic heterocycles. The van der Waals surface area contributed by atoms with Gasteiger partial charge in [0.1, 0.15) is 0 Å². The van der Waals surface area contributed by atoms with Crippen molar-refractivity contribution in [2.45, 2.75) is 40.5 Å². The molecule has 0 amide bonds. The zero-order valence-electron chi connectivity index (χ0n) is 9.49. The average Bonchev–Trinajstić information content (AvgIpc) is 2.34. The molecule has 3 nitrogen and oxygen atoms in total. The quantitative estimate of drug-likeness (QED) is 0.837. The van der Waals surface area contributed by atoms with E-state index in [-0.39, 0.29) is 32.7 Å². The first-order valence-corrected chi connectivity index (χ1v) is 4.93.